The van der Waals surface area contributed by atoms with Gasteiger partial charge in [0.1, 0.15) is 24.8 Å². The molecule has 0 saturated heterocycles. The molecular weight excluding hydrogens is 472 g/mol. The zero-order valence-electron chi connectivity index (χ0n) is 25.0. The van der Waals surface area contributed by atoms with Gasteiger partial charge in [0.15, 0.2) is 13.5 Å². The van der Waals surface area contributed by atoms with Crippen molar-refractivity contribution in [1.29, 1.82) is 0 Å². The topological polar surface area (TPSA) is 36.1 Å². The van der Waals surface area contributed by atoms with Crippen LogP contribution in [0.15, 0.2) is 37.4 Å². The Morgan fingerprint density at radius 1 is 0.474 bits per heavy atom. The standard InChI is InChI=1S/C32H60N4O2/c1-3-5-7-9-11-13-17-21-33-23-25-35(29-33)31-37-27-19-15-16-20-28-38-32-36-26-24-34(30-36)22-18-14-12-10-8-6-4-2/h23-26,29-30H,3-22,27-28,31-32H2,1-2H3/q+2. The van der Waals surface area contributed by atoms with E-state index in [2.05, 4.69) is 69.6 Å². The molecule has 0 fully saturated rings. The van der Waals surface area contributed by atoms with E-state index in [0.717, 1.165) is 39.1 Å². The molecule has 2 aromatic heterocycles. The van der Waals surface area contributed by atoms with Crippen molar-refractivity contribution < 1.29 is 18.6 Å². The molecule has 2 aromatic rings. The molecule has 218 valence electrons. The van der Waals surface area contributed by atoms with Gasteiger partial charge in [0.2, 0.25) is 12.7 Å². The fourth-order valence-electron chi connectivity index (χ4n) is 4.90. The molecule has 0 aliphatic rings. The lowest BCUT2D eigenvalue weighted by atomic mass is 10.1. The number of unbranched alkanes of at least 4 members (excludes halogenated alkanes) is 15. The Bertz CT molecular complexity index is 709. The quantitative estimate of drug-likeness (QED) is 0.0878. The summed E-state index contributed by atoms with van der Waals surface area (Å²) in [6.07, 6.45) is 36.6. The van der Waals surface area contributed by atoms with E-state index in [0.29, 0.717) is 13.5 Å². The molecule has 0 spiro atoms. The highest BCUT2D eigenvalue weighted by Gasteiger charge is 2.05. The maximum atomic E-state index is 5.87. The van der Waals surface area contributed by atoms with Crippen LogP contribution in [0.3, 0.4) is 0 Å². The monoisotopic (exact) mass is 532 g/mol. The van der Waals surface area contributed by atoms with Crippen molar-refractivity contribution in [3.05, 3.63) is 37.4 Å². The van der Waals surface area contributed by atoms with Crippen molar-refractivity contribution in [1.82, 2.24) is 9.13 Å². The molecular formula is C32H60N4O2+2. The molecule has 0 unspecified atom stereocenters. The Morgan fingerprint density at radius 3 is 1.26 bits per heavy atom. The number of aromatic nitrogens is 4. The first-order valence-electron chi connectivity index (χ1n) is 16.1. The van der Waals surface area contributed by atoms with Crippen LogP contribution < -0.4 is 9.13 Å². The van der Waals surface area contributed by atoms with Crippen molar-refractivity contribution in [2.75, 3.05) is 13.2 Å². The second-order valence-electron chi connectivity index (χ2n) is 11.1. The van der Waals surface area contributed by atoms with Crippen LogP contribution in [0.5, 0.6) is 0 Å². The van der Waals surface area contributed by atoms with Crippen molar-refractivity contribution in [2.24, 2.45) is 0 Å². The minimum Gasteiger partial charge on any atom is -0.342 e. The third-order valence-electron chi connectivity index (χ3n) is 7.34. The van der Waals surface area contributed by atoms with E-state index in [4.69, 9.17) is 9.47 Å². The largest absolute Gasteiger partial charge is 0.342 e. The summed E-state index contributed by atoms with van der Waals surface area (Å²) in [6.45, 7) is 9.77. The van der Waals surface area contributed by atoms with E-state index in [1.165, 1.54) is 103 Å². The van der Waals surface area contributed by atoms with Crippen LogP contribution >= 0.6 is 0 Å². The van der Waals surface area contributed by atoms with Crippen molar-refractivity contribution >= 4 is 0 Å². The molecule has 6 nitrogen and oxygen atoms in total. The summed E-state index contributed by atoms with van der Waals surface area (Å²) >= 11 is 0. The van der Waals surface area contributed by atoms with Crippen LogP contribution in [-0.2, 0) is 36.0 Å². The van der Waals surface area contributed by atoms with E-state index in [9.17, 15) is 0 Å². The molecule has 0 saturated carbocycles. The third-order valence-corrected chi connectivity index (χ3v) is 7.34. The summed E-state index contributed by atoms with van der Waals surface area (Å²) < 4.78 is 20.6. The smallest absolute Gasteiger partial charge is 0.245 e. The summed E-state index contributed by atoms with van der Waals surface area (Å²) in [4.78, 5) is 0. The maximum Gasteiger partial charge on any atom is 0.245 e. The summed E-state index contributed by atoms with van der Waals surface area (Å²) in [6, 6.07) is 0. The number of ether oxygens (including phenoxy) is 2. The van der Waals surface area contributed by atoms with E-state index < -0.39 is 0 Å². The van der Waals surface area contributed by atoms with Gasteiger partial charge in [-0.3, -0.25) is 0 Å². The molecule has 0 aliphatic heterocycles. The fourth-order valence-corrected chi connectivity index (χ4v) is 4.90. The first-order chi connectivity index (χ1) is 18.8. The number of hydrogen-bond acceptors (Lipinski definition) is 2. The molecule has 0 bridgehead atoms. The van der Waals surface area contributed by atoms with Gasteiger partial charge in [0, 0.05) is 0 Å². The molecule has 2 rings (SSSR count). The van der Waals surface area contributed by atoms with Crippen molar-refractivity contribution in [2.45, 2.75) is 156 Å². The lowest BCUT2D eigenvalue weighted by Crippen LogP contribution is -2.32. The minimum absolute atomic E-state index is 0.656. The second-order valence-corrected chi connectivity index (χ2v) is 11.1. The molecule has 0 N–H and O–H groups in total. The van der Waals surface area contributed by atoms with Gasteiger partial charge in [-0.2, -0.15) is 0 Å². The highest BCUT2D eigenvalue weighted by molar-refractivity contribution is 4.66. The highest BCUT2D eigenvalue weighted by atomic mass is 16.5. The molecule has 0 radical (unpaired) electrons. The summed E-state index contributed by atoms with van der Waals surface area (Å²) in [5.74, 6) is 0. The van der Waals surface area contributed by atoms with Gasteiger partial charge in [-0.25, -0.2) is 18.3 Å². The molecule has 6 heteroatoms. The minimum atomic E-state index is 0.656. The van der Waals surface area contributed by atoms with E-state index in [1.807, 2.05) is 0 Å². The molecule has 0 aromatic carbocycles. The molecule has 0 aliphatic carbocycles. The summed E-state index contributed by atoms with van der Waals surface area (Å²) in [7, 11) is 0. The SMILES string of the molecule is CCCCCCCCCn1cc[n+](COCCCCCCOC[n+]2ccn(CCCCCCCCC)c2)c1. The first kappa shape index (κ1) is 32.6. The summed E-state index contributed by atoms with van der Waals surface area (Å²) in [5, 5.41) is 0. The molecule has 38 heavy (non-hydrogen) atoms. The average molecular weight is 533 g/mol. The number of hydrogen-bond donors (Lipinski definition) is 0. The second kappa shape index (κ2) is 23.2. The number of imidazole rings is 2. The van der Waals surface area contributed by atoms with Gasteiger partial charge in [-0.05, 0) is 38.5 Å². The van der Waals surface area contributed by atoms with E-state index >= 15 is 0 Å². The van der Waals surface area contributed by atoms with Gasteiger partial charge >= 0.3 is 0 Å². The average Bonchev–Trinajstić information content (AvgIpc) is 3.58. The zero-order valence-corrected chi connectivity index (χ0v) is 25.0. The van der Waals surface area contributed by atoms with Crippen LogP contribution in [0.4, 0.5) is 0 Å². The Kier molecular flexibility index (Phi) is 19.9. The number of rotatable bonds is 27. The summed E-state index contributed by atoms with van der Waals surface area (Å²) in [5.41, 5.74) is 0. The van der Waals surface area contributed by atoms with E-state index in [1.54, 1.807) is 0 Å². The van der Waals surface area contributed by atoms with Gasteiger partial charge < -0.3 is 9.47 Å². The Balaban J connectivity index is 1.35. The zero-order chi connectivity index (χ0) is 26.9. The first-order valence-corrected chi connectivity index (χ1v) is 16.1. The predicted octanol–water partition coefficient (Wildman–Crippen LogP) is 7.57. The Labute approximate surface area is 234 Å². The van der Waals surface area contributed by atoms with Crippen molar-refractivity contribution in [3.63, 3.8) is 0 Å². The predicted molar refractivity (Wildman–Crippen MR) is 156 cm³/mol. The van der Waals surface area contributed by atoms with Gasteiger partial charge in [0.25, 0.3) is 0 Å². The molecule has 0 atom stereocenters. The van der Waals surface area contributed by atoms with Gasteiger partial charge in [-0.1, -0.05) is 90.9 Å². The van der Waals surface area contributed by atoms with Gasteiger partial charge in [-0.15, -0.1) is 0 Å². The van der Waals surface area contributed by atoms with Gasteiger partial charge in [0.05, 0.1) is 26.3 Å². The normalized spacial score (nSPS) is 11.5. The number of nitrogens with zero attached hydrogens (tertiary/aromatic N) is 4. The fraction of sp³-hybridized carbons (Fsp3) is 0.812. The third kappa shape index (κ3) is 17.0. The lowest BCUT2D eigenvalue weighted by molar-refractivity contribution is -0.732. The van der Waals surface area contributed by atoms with E-state index in [-0.39, 0.29) is 0 Å². The molecule has 2 heterocycles. The highest BCUT2D eigenvalue weighted by Crippen LogP contribution is 2.09. The molecule has 0 amide bonds. The van der Waals surface area contributed by atoms with Crippen molar-refractivity contribution in [3.8, 4) is 0 Å². The lowest BCUT2D eigenvalue weighted by Gasteiger charge is -2.03. The van der Waals surface area contributed by atoms with Crippen LogP contribution in [0.2, 0.25) is 0 Å². The number of aryl methyl sites for hydroxylation is 2. The van der Waals surface area contributed by atoms with Crippen LogP contribution in [-0.4, -0.2) is 22.3 Å². The van der Waals surface area contributed by atoms with Crippen LogP contribution in [0, 0.1) is 0 Å². The van der Waals surface area contributed by atoms with Crippen LogP contribution in [0.1, 0.15) is 129 Å². The maximum absolute atomic E-state index is 5.87. The van der Waals surface area contributed by atoms with Crippen LogP contribution in [0.25, 0.3) is 0 Å². The Morgan fingerprint density at radius 2 is 0.842 bits per heavy atom. The Hall–Kier alpha value is -1.66.